The van der Waals surface area contributed by atoms with Gasteiger partial charge in [0.15, 0.2) is 0 Å². The molecule has 0 aliphatic rings. The number of halogens is 2. The highest BCUT2D eigenvalue weighted by molar-refractivity contribution is 9.10. The van der Waals surface area contributed by atoms with Gasteiger partial charge in [-0.2, -0.15) is 0 Å². The number of aliphatic hydroxyl groups excluding tert-OH is 1. The lowest BCUT2D eigenvalue weighted by Gasteiger charge is -2.05. The molecule has 0 fully saturated rings. The average molecular weight is 307 g/mol. The number of carbonyl (C=O) groups is 1. The summed E-state index contributed by atoms with van der Waals surface area (Å²) in [5.41, 5.74) is 0.683. The second-order valence-corrected chi connectivity index (χ2v) is 4.62. The van der Waals surface area contributed by atoms with Gasteiger partial charge in [0.25, 0.3) is 0 Å². The third-order valence-corrected chi connectivity index (χ3v) is 3.25. The van der Waals surface area contributed by atoms with E-state index < -0.39 is 0 Å². The molecule has 16 heavy (non-hydrogen) atoms. The maximum atomic E-state index is 11.4. The van der Waals surface area contributed by atoms with Crippen LogP contribution in [0.1, 0.15) is 19.3 Å². The van der Waals surface area contributed by atoms with E-state index in [1.54, 1.807) is 18.2 Å². The zero-order valence-electron chi connectivity index (χ0n) is 8.67. The molecule has 0 heterocycles. The topological polar surface area (TPSA) is 49.3 Å². The highest BCUT2D eigenvalue weighted by Crippen LogP contribution is 2.25. The van der Waals surface area contributed by atoms with Crippen molar-refractivity contribution in [1.29, 1.82) is 0 Å². The lowest BCUT2D eigenvalue weighted by Crippen LogP contribution is -2.11. The maximum absolute atomic E-state index is 11.4. The molecule has 0 aliphatic heterocycles. The maximum Gasteiger partial charge on any atom is 0.224 e. The smallest absolute Gasteiger partial charge is 0.224 e. The van der Waals surface area contributed by atoms with E-state index >= 15 is 0 Å². The lowest BCUT2D eigenvalue weighted by atomic mass is 10.2. The van der Waals surface area contributed by atoms with Crippen molar-refractivity contribution < 1.29 is 9.90 Å². The molecule has 0 atom stereocenters. The Hall–Kier alpha value is -0.580. The number of benzene rings is 1. The Kier molecular flexibility index (Phi) is 5.80. The molecule has 1 amide bonds. The van der Waals surface area contributed by atoms with Crippen molar-refractivity contribution in [3.8, 4) is 0 Å². The molecule has 1 aromatic carbocycles. The third kappa shape index (κ3) is 4.51. The van der Waals surface area contributed by atoms with Gasteiger partial charge in [-0.3, -0.25) is 4.79 Å². The predicted octanol–water partition coefficient (Wildman–Crippen LogP) is 3.20. The number of hydrogen-bond acceptors (Lipinski definition) is 2. The molecule has 0 aliphatic carbocycles. The average Bonchev–Trinajstić information content (AvgIpc) is 2.24. The fourth-order valence-electron chi connectivity index (χ4n) is 1.19. The summed E-state index contributed by atoms with van der Waals surface area (Å²) in [5.74, 6) is -0.0631. The zero-order chi connectivity index (χ0) is 12.0. The summed E-state index contributed by atoms with van der Waals surface area (Å²) in [6, 6.07) is 5.25. The predicted molar refractivity (Wildman–Crippen MR) is 68.7 cm³/mol. The van der Waals surface area contributed by atoms with Gasteiger partial charge in [0.05, 0.1) is 5.02 Å². The van der Waals surface area contributed by atoms with Crippen LogP contribution in [0.4, 0.5) is 5.69 Å². The van der Waals surface area contributed by atoms with Crippen LogP contribution in [-0.2, 0) is 4.79 Å². The minimum Gasteiger partial charge on any atom is -0.396 e. The standard InChI is InChI=1S/C11H13BrClNO2/c12-9-5-4-8(7-10(9)13)14-11(16)3-1-2-6-15/h4-5,7,15H,1-3,6H2,(H,14,16). The van der Waals surface area contributed by atoms with Crippen LogP contribution in [0.15, 0.2) is 22.7 Å². The first kappa shape index (κ1) is 13.5. The summed E-state index contributed by atoms with van der Waals surface area (Å²) in [7, 11) is 0. The van der Waals surface area contributed by atoms with E-state index in [1.807, 2.05) is 0 Å². The molecular weight excluding hydrogens is 293 g/mol. The largest absolute Gasteiger partial charge is 0.396 e. The minimum atomic E-state index is -0.0631. The van der Waals surface area contributed by atoms with E-state index in [1.165, 1.54) is 0 Å². The number of rotatable bonds is 5. The summed E-state index contributed by atoms with van der Waals surface area (Å²) >= 11 is 9.17. The van der Waals surface area contributed by atoms with E-state index in [0.717, 1.165) is 4.47 Å². The van der Waals surface area contributed by atoms with E-state index in [4.69, 9.17) is 16.7 Å². The van der Waals surface area contributed by atoms with Crippen LogP contribution in [0.5, 0.6) is 0 Å². The summed E-state index contributed by atoms with van der Waals surface area (Å²) < 4.78 is 0.799. The molecule has 0 bridgehead atoms. The van der Waals surface area contributed by atoms with Crippen LogP contribution >= 0.6 is 27.5 Å². The molecule has 88 valence electrons. The Morgan fingerprint density at radius 3 is 2.81 bits per heavy atom. The van der Waals surface area contributed by atoms with Crippen LogP contribution in [0.25, 0.3) is 0 Å². The first-order valence-corrected chi connectivity index (χ1v) is 6.16. The number of aliphatic hydroxyl groups is 1. The minimum absolute atomic E-state index is 0.0631. The molecule has 5 heteroatoms. The summed E-state index contributed by atoms with van der Waals surface area (Å²) in [6.07, 6.45) is 1.75. The quantitative estimate of drug-likeness (QED) is 0.821. The van der Waals surface area contributed by atoms with Gasteiger partial charge in [-0.1, -0.05) is 11.6 Å². The fraction of sp³-hybridized carbons (Fsp3) is 0.364. The van der Waals surface area contributed by atoms with Gasteiger partial charge >= 0.3 is 0 Å². The number of anilines is 1. The molecule has 0 unspecified atom stereocenters. The Morgan fingerprint density at radius 2 is 2.19 bits per heavy atom. The Labute approximate surface area is 108 Å². The van der Waals surface area contributed by atoms with Gasteiger partial charge in [0.1, 0.15) is 0 Å². The van der Waals surface area contributed by atoms with Gasteiger partial charge in [-0.25, -0.2) is 0 Å². The Morgan fingerprint density at radius 1 is 1.44 bits per heavy atom. The van der Waals surface area contributed by atoms with E-state index in [2.05, 4.69) is 21.2 Å². The lowest BCUT2D eigenvalue weighted by molar-refractivity contribution is -0.116. The van der Waals surface area contributed by atoms with Gasteiger partial charge in [0.2, 0.25) is 5.91 Å². The van der Waals surface area contributed by atoms with Gasteiger partial charge in [-0.05, 0) is 47.0 Å². The van der Waals surface area contributed by atoms with Crippen molar-refractivity contribution >= 4 is 39.1 Å². The fourth-order valence-corrected chi connectivity index (χ4v) is 1.62. The normalized spacial score (nSPS) is 10.2. The monoisotopic (exact) mass is 305 g/mol. The molecular formula is C11H13BrClNO2. The van der Waals surface area contributed by atoms with Crippen molar-refractivity contribution in [3.63, 3.8) is 0 Å². The summed E-state index contributed by atoms with van der Waals surface area (Å²) in [4.78, 5) is 11.4. The van der Waals surface area contributed by atoms with Crippen LogP contribution in [0.2, 0.25) is 5.02 Å². The zero-order valence-corrected chi connectivity index (χ0v) is 11.0. The van der Waals surface area contributed by atoms with Crippen molar-refractivity contribution in [2.24, 2.45) is 0 Å². The molecule has 0 radical (unpaired) electrons. The van der Waals surface area contributed by atoms with Gasteiger partial charge < -0.3 is 10.4 Å². The Bertz CT molecular complexity index is 371. The molecule has 0 saturated carbocycles. The number of amides is 1. The number of unbranched alkanes of at least 4 members (excludes halogenated alkanes) is 1. The molecule has 3 nitrogen and oxygen atoms in total. The summed E-state index contributed by atoms with van der Waals surface area (Å²) in [5, 5.41) is 11.9. The molecule has 1 aromatic rings. The second-order valence-electron chi connectivity index (χ2n) is 3.36. The molecule has 0 spiro atoms. The van der Waals surface area contributed by atoms with E-state index in [9.17, 15) is 4.79 Å². The number of nitrogens with one attached hydrogen (secondary N) is 1. The van der Waals surface area contributed by atoms with Crippen molar-refractivity contribution in [2.45, 2.75) is 19.3 Å². The van der Waals surface area contributed by atoms with Crippen LogP contribution in [-0.4, -0.2) is 17.6 Å². The summed E-state index contributed by atoms with van der Waals surface area (Å²) in [6.45, 7) is 0.122. The highest BCUT2D eigenvalue weighted by Gasteiger charge is 2.03. The number of hydrogen-bond donors (Lipinski definition) is 2. The molecule has 0 saturated heterocycles. The first-order valence-electron chi connectivity index (χ1n) is 4.99. The van der Waals surface area contributed by atoms with Gasteiger partial charge in [0, 0.05) is 23.2 Å². The first-order chi connectivity index (χ1) is 7.63. The van der Waals surface area contributed by atoms with Crippen LogP contribution < -0.4 is 5.32 Å². The molecule has 0 aromatic heterocycles. The number of carbonyl (C=O) groups excluding carboxylic acids is 1. The van der Waals surface area contributed by atoms with Crippen molar-refractivity contribution in [2.75, 3.05) is 11.9 Å². The third-order valence-electron chi connectivity index (χ3n) is 2.02. The second kappa shape index (κ2) is 6.89. The van der Waals surface area contributed by atoms with Crippen molar-refractivity contribution in [1.82, 2.24) is 0 Å². The van der Waals surface area contributed by atoms with Crippen LogP contribution in [0, 0.1) is 0 Å². The van der Waals surface area contributed by atoms with Gasteiger partial charge in [-0.15, -0.1) is 0 Å². The van der Waals surface area contributed by atoms with E-state index in [0.29, 0.717) is 30.0 Å². The molecule has 2 N–H and O–H groups in total. The highest BCUT2D eigenvalue weighted by atomic mass is 79.9. The van der Waals surface area contributed by atoms with Crippen molar-refractivity contribution in [3.05, 3.63) is 27.7 Å². The SMILES string of the molecule is O=C(CCCCO)Nc1ccc(Br)c(Cl)c1. The Balaban J connectivity index is 2.46. The molecule has 1 rings (SSSR count). The van der Waals surface area contributed by atoms with Crippen LogP contribution in [0.3, 0.4) is 0 Å². The van der Waals surface area contributed by atoms with E-state index in [-0.39, 0.29) is 12.5 Å².